The van der Waals surface area contributed by atoms with Gasteiger partial charge < -0.3 is 0 Å². The molecule has 0 radical (unpaired) electrons. The lowest BCUT2D eigenvalue weighted by Gasteiger charge is -2.29. The number of benzene rings is 3. The Labute approximate surface area is 208 Å². The highest BCUT2D eigenvalue weighted by Crippen LogP contribution is 2.48. The number of fused-ring (bicyclic) bond motifs is 1. The van der Waals surface area contributed by atoms with Crippen LogP contribution in [0.15, 0.2) is 77.7 Å². The van der Waals surface area contributed by atoms with Crippen LogP contribution < -0.4 is 9.96 Å². The average molecular weight is 519 g/mol. The lowest BCUT2D eigenvalue weighted by Crippen LogP contribution is -2.37. The molecule has 3 aromatic carbocycles. The summed E-state index contributed by atoms with van der Waals surface area (Å²) in [5.41, 5.74) is 0.586. The lowest BCUT2D eigenvalue weighted by molar-refractivity contribution is -0.137. The van der Waals surface area contributed by atoms with Crippen molar-refractivity contribution < 1.29 is 27.6 Å². The SMILES string of the molecule is CSc1ccc([C@@H]2[C@H]3C(=O)N(c4ccc(C(F)(F)F)cc4)C(=O)[C@H]3ON2c2ccc(Cl)cc2)cc1. The standard InChI is InChI=1S/C25H18ClF3N2O3S/c1-35-19-12-2-14(3-13-19)21-20-22(34-31(21)18-10-6-16(26)7-11-18)24(33)30(23(20)32)17-8-4-15(5-9-17)25(27,28)29/h2-13,20-22H,1H3/t20-,21-,22+/m1/s1. The predicted octanol–water partition coefficient (Wildman–Crippen LogP) is 6.13. The maximum Gasteiger partial charge on any atom is 0.416 e. The number of hydrogen-bond donors (Lipinski definition) is 0. The largest absolute Gasteiger partial charge is 0.416 e. The molecule has 0 bridgehead atoms. The monoisotopic (exact) mass is 518 g/mol. The van der Waals surface area contributed by atoms with Crippen molar-refractivity contribution >= 4 is 46.6 Å². The number of nitrogens with zero attached hydrogens (tertiary/aromatic N) is 2. The summed E-state index contributed by atoms with van der Waals surface area (Å²) in [6.07, 6.45) is -3.69. The molecule has 2 heterocycles. The second-order valence-electron chi connectivity index (χ2n) is 8.13. The third kappa shape index (κ3) is 4.17. The number of carbonyl (C=O) groups is 2. The molecule has 2 amide bonds. The van der Waals surface area contributed by atoms with E-state index in [9.17, 15) is 22.8 Å². The van der Waals surface area contributed by atoms with Crippen LogP contribution >= 0.6 is 23.4 Å². The minimum absolute atomic E-state index is 0.0699. The number of carbonyl (C=O) groups excluding carboxylic acids is 2. The van der Waals surface area contributed by atoms with Gasteiger partial charge in [0.05, 0.1) is 23.0 Å². The first-order valence-electron chi connectivity index (χ1n) is 10.6. The molecule has 5 rings (SSSR count). The number of hydroxylamine groups is 1. The molecule has 0 N–H and O–H groups in total. The molecule has 3 atom stereocenters. The van der Waals surface area contributed by atoms with Crippen molar-refractivity contribution in [2.75, 3.05) is 16.2 Å². The van der Waals surface area contributed by atoms with Crippen LogP contribution in [0.25, 0.3) is 0 Å². The smallest absolute Gasteiger partial charge is 0.273 e. The fraction of sp³-hybridized carbons (Fsp3) is 0.200. The van der Waals surface area contributed by atoms with Gasteiger partial charge in [0.1, 0.15) is 5.92 Å². The predicted molar refractivity (Wildman–Crippen MR) is 127 cm³/mol. The Morgan fingerprint density at radius 3 is 2.03 bits per heavy atom. The van der Waals surface area contributed by atoms with E-state index < -0.39 is 41.6 Å². The first-order valence-corrected chi connectivity index (χ1v) is 12.2. The van der Waals surface area contributed by atoms with Gasteiger partial charge in [-0.15, -0.1) is 11.8 Å². The Hall–Kier alpha value is -3.01. The number of halogens is 4. The van der Waals surface area contributed by atoms with Gasteiger partial charge in [-0.1, -0.05) is 23.7 Å². The molecule has 2 saturated heterocycles. The molecule has 2 aliphatic heterocycles. The Bertz CT molecular complexity index is 1270. The van der Waals surface area contributed by atoms with E-state index in [4.69, 9.17) is 16.4 Å². The zero-order chi connectivity index (χ0) is 24.9. The van der Waals surface area contributed by atoms with Gasteiger partial charge in [0.2, 0.25) is 5.91 Å². The molecule has 180 valence electrons. The summed E-state index contributed by atoms with van der Waals surface area (Å²) in [5.74, 6) is -2.04. The van der Waals surface area contributed by atoms with Crippen LogP contribution in [-0.4, -0.2) is 24.2 Å². The molecule has 0 aliphatic carbocycles. The van der Waals surface area contributed by atoms with Gasteiger partial charge in [-0.25, -0.2) is 9.96 Å². The van der Waals surface area contributed by atoms with Gasteiger partial charge in [0, 0.05) is 9.92 Å². The van der Waals surface area contributed by atoms with E-state index in [0.717, 1.165) is 39.6 Å². The van der Waals surface area contributed by atoms with Crippen molar-refractivity contribution in [3.05, 3.63) is 88.9 Å². The molecule has 10 heteroatoms. The summed E-state index contributed by atoms with van der Waals surface area (Å²) in [4.78, 5) is 34.8. The van der Waals surface area contributed by atoms with Gasteiger partial charge in [0.25, 0.3) is 5.91 Å². The second-order valence-corrected chi connectivity index (χ2v) is 9.44. The molecule has 3 aromatic rings. The summed E-state index contributed by atoms with van der Waals surface area (Å²) in [7, 11) is 0. The summed E-state index contributed by atoms with van der Waals surface area (Å²) in [6, 6.07) is 17.7. The zero-order valence-electron chi connectivity index (χ0n) is 18.2. The van der Waals surface area contributed by atoms with Crippen LogP contribution in [0.4, 0.5) is 24.5 Å². The van der Waals surface area contributed by atoms with E-state index in [2.05, 4.69) is 0 Å². The summed E-state index contributed by atoms with van der Waals surface area (Å²) in [5, 5.41) is 2.06. The van der Waals surface area contributed by atoms with Crippen LogP contribution in [0, 0.1) is 5.92 Å². The quantitative estimate of drug-likeness (QED) is 0.307. The van der Waals surface area contributed by atoms with E-state index in [1.165, 1.54) is 0 Å². The minimum atomic E-state index is -4.52. The van der Waals surface area contributed by atoms with Crippen molar-refractivity contribution in [2.24, 2.45) is 5.92 Å². The zero-order valence-corrected chi connectivity index (χ0v) is 19.8. The number of rotatable bonds is 4. The van der Waals surface area contributed by atoms with Gasteiger partial charge >= 0.3 is 6.18 Å². The Balaban J connectivity index is 1.53. The van der Waals surface area contributed by atoms with Crippen molar-refractivity contribution in [3.8, 4) is 0 Å². The van der Waals surface area contributed by atoms with E-state index in [0.29, 0.717) is 10.7 Å². The summed E-state index contributed by atoms with van der Waals surface area (Å²) >= 11 is 7.60. The molecule has 2 fully saturated rings. The third-order valence-electron chi connectivity index (χ3n) is 6.11. The molecular formula is C25H18ClF3N2O3S. The first kappa shape index (κ1) is 23.7. The van der Waals surface area contributed by atoms with Gasteiger partial charge in [0.15, 0.2) is 6.10 Å². The van der Waals surface area contributed by atoms with Crippen molar-refractivity contribution in [1.29, 1.82) is 0 Å². The van der Waals surface area contributed by atoms with E-state index in [-0.39, 0.29) is 5.69 Å². The minimum Gasteiger partial charge on any atom is -0.273 e. The van der Waals surface area contributed by atoms with Gasteiger partial charge in [-0.2, -0.15) is 13.2 Å². The lowest BCUT2D eigenvalue weighted by atomic mass is 9.90. The Morgan fingerprint density at radius 1 is 0.857 bits per heavy atom. The maximum absolute atomic E-state index is 13.6. The number of amides is 2. The van der Waals surface area contributed by atoms with Gasteiger partial charge in [-0.3, -0.25) is 14.4 Å². The highest BCUT2D eigenvalue weighted by atomic mass is 35.5. The number of alkyl halides is 3. The molecule has 0 spiro atoms. The first-order chi connectivity index (χ1) is 16.7. The van der Waals surface area contributed by atoms with E-state index in [1.54, 1.807) is 41.1 Å². The van der Waals surface area contributed by atoms with Crippen LogP contribution in [0.2, 0.25) is 5.02 Å². The average Bonchev–Trinajstić information content (AvgIpc) is 3.35. The Kier molecular flexibility index (Phi) is 6.03. The summed E-state index contributed by atoms with van der Waals surface area (Å²) in [6.45, 7) is 0. The fourth-order valence-corrected chi connectivity index (χ4v) is 4.95. The molecule has 0 saturated carbocycles. The molecule has 0 unspecified atom stereocenters. The highest BCUT2D eigenvalue weighted by molar-refractivity contribution is 7.98. The molecule has 2 aliphatic rings. The van der Waals surface area contributed by atoms with Crippen molar-refractivity contribution in [2.45, 2.75) is 23.2 Å². The number of hydrogen-bond acceptors (Lipinski definition) is 5. The van der Waals surface area contributed by atoms with E-state index in [1.807, 2.05) is 30.5 Å². The fourth-order valence-electron chi connectivity index (χ4n) is 4.42. The molecular weight excluding hydrogens is 501 g/mol. The molecule has 5 nitrogen and oxygen atoms in total. The van der Waals surface area contributed by atoms with Gasteiger partial charge in [-0.05, 0) is 72.5 Å². The topological polar surface area (TPSA) is 49.9 Å². The van der Waals surface area contributed by atoms with Crippen LogP contribution in [0.1, 0.15) is 17.2 Å². The molecule has 35 heavy (non-hydrogen) atoms. The molecule has 0 aromatic heterocycles. The number of thioether (sulfide) groups is 1. The van der Waals surface area contributed by atoms with Crippen LogP contribution in [0.5, 0.6) is 0 Å². The van der Waals surface area contributed by atoms with Crippen LogP contribution in [-0.2, 0) is 20.6 Å². The highest BCUT2D eigenvalue weighted by Gasteiger charge is 2.60. The summed E-state index contributed by atoms with van der Waals surface area (Å²) < 4.78 is 38.9. The number of anilines is 2. The van der Waals surface area contributed by atoms with E-state index >= 15 is 0 Å². The Morgan fingerprint density at radius 2 is 1.46 bits per heavy atom. The maximum atomic E-state index is 13.6. The van der Waals surface area contributed by atoms with Crippen molar-refractivity contribution in [1.82, 2.24) is 0 Å². The normalized spacial score (nSPS) is 22.1. The van der Waals surface area contributed by atoms with Crippen LogP contribution in [0.3, 0.4) is 0 Å². The third-order valence-corrected chi connectivity index (χ3v) is 7.10. The number of imide groups is 1. The second kappa shape index (κ2) is 8.89. The van der Waals surface area contributed by atoms with Crippen molar-refractivity contribution in [3.63, 3.8) is 0 Å².